The van der Waals surface area contributed by atoms with Crippen LogP contribution in [0.5, 0.6) is 5.75 Å². The van der Waals surface area contributed by atoms with Gasteiger partial charge >= 0.3 is 0 Å². The molecule has 0 aliphatic carbocycles. The molecule has 1 saturated heterocycles. The van der Waals surface area contributed by atoms with Crippen molar-refractivity contribution in [3.8, 4) is 28.0 Å². The Morgan fingerprint density at radius 2 is 1.46 bits per heavy atom. The fourth-order valence-electron chi connectivity index (χ4n) is 4.38. The predicted molar refractivity (Wildman–Crippen MR) is 129 cm³/mol. The Morgan fingerprint density at radius 1 is 0.829 bits per heavy atom. The first-order valence-corrected chi connectivity index (χ1v) is 11.9. The van der Waals surface area contributed by atoms with Crippen LogP contribution < -0.4 is 4.74 Å². The first-order chi connectivity index (χ1) is 16.9. The van der Waals surface area contributed by atoms with Crippen molar-refractivity contribution in [3.63, 3.8) is 0 Å². The first kappa shape index (κ1) is 25.0. The van der Waals surface area contributed by atoms with Crippen molar-refractivity contribution < 1.29 is 27.0 Å². The van der Waals surface area contributed by atoms with Gasteiger partial charge in [-0.25, -0.2) is 13.2 Å². The molecular weight excluding hydrogens is 456 g/mol. The van der Waals surface area contributed by atoms with Crippen LogP contribution in [0.25, 0.3) is 22.3 Å². The summed E-state index contributed by atoms with van der Waals surface area (Å²) >= 11 is 0. The lowest BCUT2D eigenvalue weighted by Gasteiger charge is -2.28. The maximum Gasteiger partial charge on any atom is 0.201 e. The van der Waals surface area contributed by atoms with Gasteiger partial charge in [-0.05, 0) is 49.4 Å². The predicted octanol–water partition coefficient (Wildman–Crippen LogP) is 8.41. The molecule has 2 nitrogen and oxygen atoms in total. The summed E-state index contributed by atoms with van der Waals surface area (Å²) < 4.78 is 70.0. The summed E-state index contributed by atoms with van der Waals surface area (Å²) in [6.45, 7) is 4.58. The Bertz CT molecular complexity index is 1200. The van der Waals surface area contributed by atoms with E-state index in [2.05, 4.69) is 6.08 Å². The molecule has 1 heterocycles. The van der Waals surface area contributed by atoms with E-state index >= 15 is 4.39 Å². The van der Waals surface area contributed by atoms with E-state index in [1.165, 1.54) is 18.2 Å². The summed E-state index contributed by atoms with van der Waals surface area (Å²) in [5, 5.41) is 0. The van der Waals surface area contributed by atoms with Crippen LogP contribution in [0.4, 0.5) is 17.6 Å². The summed E-state index contributed by atoms with van der Waals surface area (Å²) in [4.78, 5) is 0. The van der Waals surface area contributed by atoms with E-state index < -0.39 is 29.4 Å². The summed E-state index contributed by atoms with van der Waals surface area (Å²) in [7, 11) is 0. The number of rotatable bonds is 7. The summed E-state index contributed by atoms with van der Waals surface area (Å²) in [5.41, 5.74) is 1.21. The minimum Gasteiger partial charge on any atom is -0.490 e. The lowest BCUT2D eigenvalue weighted by atomic mass is 9.92. The summed E-state index contributed by atoms with van der Waals surface area (Å²) in [5.74, 6) is -3.79. The molecule has 3 aromatic rings. The second kappa shape index (κ2) is 11.1. The molecular formula is C29H28F4O2. The van der Waals surface area contributed by atoms with Gasteiger partial charge in [0.15, 0.2) is 23.2 Å². The highest BCUT2D eigenvalue weighted by Crippen LogP contribution is 2.37. The molecule has 0 bridgehead atoms. The third-order valence-electron chi connectivity index (χ3n) is 6.25. The van der Waals surface area contributed by atoms with Crippen LogP contribution in [0.2, 0.25) is 0 Å². The molecule has 1 aliphatic rings. The maximum absolute atomic E-state index is 15.0. The molecule has 35 heavy (non-hydrogen) atoms. The van der Waals surface area contributed by atoms with E-state index in [1.807, 2.05) is 19.9 Å². The van der Waals surface area contributed by atoms with E-state index in [0.717, 1.165) is 6.42 Å². The van der Waals surface area contributed by atoms with Gasteiger partial charge in [-0.1, -0.05) is 55.5 Å². The molecule has 0 amide bonds. The summed E-state index contributed by atoms with van der Waals surface area (Å²) in [6.07, 6.45) is 5.69. The second-order valence-corrected chi connectivity index (χ2v) is 8.68. The van der Waals surface area contributed by atoms with Crippen molar-refractivity contribution in [3.05, 3.63) is 89.5 Å². The normalized spacial score (nSPS) is 18.2. The second-order valence-electron chi connectivity index (χ2n) is 8.68. The van der Waals surface area contributed by atoms with Crippen LogP contribution in [-0.2, 0) is 4.74 Å². The number of hydrogen-bond donors (Lipinski definition) is 0. The minimum atomic E-state index is -1.05. The number of halogens is 4. The van der Waals surface area contributed by atoms with E-state index in [9.17, 15) is 13.2 Å². The zero-order chi connectivity index (χ0) is 24.9. The van der Waals surface area contributed by atoms with Crippen molar-refractivity contribution in [2.45, 2.75) is 39.2 Å². The number of hydrogen-bond acceptors (Lipinski definition) is 2. The van der Waals surface area contributed by atoms with E-state index in [1.54, 1.807) is 30.3 Å². The van der Waals surface area contributed by atoms with Crippen LogP contribution in [0.1, 0.15) is 44.8 Å². The highest BCUT2D eigenvalue weighted by Gasteiger charge is 2.26. The maximum atomic E-state index is 15.0. The Balaban J connectivity index is 1.55. The smallest absolute Gasteiger partial charge is 0.201 e. The molecule has 0 saturated carbocycles. The van der Waals surface area contributed by atoms with Gasteiger partial charge in [0.05, 0.1) is 19.3 Å². The highest BCUT2D eigenvalue weighted by atomic mass is 19.2. The first-order valence-electron chi connectivity index (χ1n) is 11.9. The van der Waals surface area contributed by atoms with Gasteiger partial charge in [-0.3, -0.25) is 0 Å². The zero-order valence-corrected chi connectivity index (χ0v) is 19.8. The average Bonchev–Trinajstić information content (AvgIpc) is 2.88. The van der Waals surface area contributed by atoms with Gasteiger partial charge < -0.3 is 9.47 Å². The van der Waals surface area contributed by atoms with Crippen molar-refractivity contribution in [1.29, 1.82) is 0 Å². The number of ether oxygens (including phenoxy) is 2. The molecule has 2 atom stereocenters. The average molecular weight is 485 g/mol. The zero-order valence-electron chi connectivity index (χ0n) is 19.8. The van der Waals surface area contributed by atoms with Crippen LogP contribution in [-0.4, -0.2) is 13.2 Å². The third kappa shape index (κ3) is 5.27. The fourth-order valence-corrected chi connectivity index (χ4v) is 4.38. The highest BCUT2D eigenvalue weighted by molar-refractivity contribution is 5.71. The number of allylic oxidation sites excluding steroid dienone is 1. The monoisotopic (exact) mass is 484 g/mol. The Kier molecular flexibility index (Phi) is 7.91. The number of benzene rings is 3. The topological polar surface area (TPSA) is 18.5 Å². The van der Waals surface area contributed by atoms with E-state index in [-0.39, 0.29) is 29.0 Å². The summed E-state index contributed by atoms with van der Waals surface area (Å²) in [6, 6.07) is 12.1. The van der Waals surface area contributed by atoms with E-state index in [0.29, 0.717) is 36.5 Å². The molecule has 1 aliphatic heterocycles. The molecule has 0 aromatic heterocycles. The van der Waals surface area contributed by atoms with Crippen LogP contribution in [0.15, 0.2) is 60.7 Å². The van der Waals surface area contributed by atoms with Gasteiger partial charge in [0.25, 0.3) is 0 Å². The Morgan fingerprint density at radius 3 is 2.03 bits per heavy atom. The molecule has 0 radical (unpaired) electrons. The van der Waals surface area contributed by atoms with Crippen molar-refractivity contribution in [2.75, 3.05) is 13.2 Å². The quantitative estimate of drug-likeness (QED) is 0.248. The van der Waals surface area contributed by atoms with Gasteiger partial charge in [0, 0.05) is 22.6 Å². The molecule has 1 fully saturated rings. The van der Waals surface area contributed by atoms with Crippen molar-refractivity contribution in [1.82, 2.24) is 0 Å². The van der Waals surface area contributed by atoms with Crippen LogP contribution in [0, 0.1) is 29.2 Å². The minimum absolute atomic E-state index is 0.0607. The largest absolute Gasteiger partial charge is 0.490 e. The molecule has 0 spiro atoms. The lowest BCUT2D eigenvalue weighted by molar-refractivity contribution is -0.00743. The van der Waals surface area contributed by atoms with Crippen molar-refractivity contribution in [2.24, 2.45) is 5.92 Å². The molecule has 0 N–H and O–H groups in total. The molecule has 3 aromatic carbocycles. The van der Waals surface area contributed by atoms with E-state index in [4.69, 9.17) is 9.47 Å². The Labute approximate surface area is 203 Å². The molecule has 6 heteroatoms. The molecule has 4 rings (SSSR count). The van der Waals surface area contributed by atoms with Crippen molar-refractivity contribution >= 4 is 0 Å². The van der Waals surface area contributed by atoms with Gasteiger partial charge in [-0.15, -0.1) is 0 Å². The lowest BCUT2D eigenvalue weighted by Crippen LogP contribution is -2.20. The van der Waals surface area contributed by atoms with Gasteiger partial charge in [0.1, 0.15) is 0 Å². The van der Waals surface area contributed by atoms with Gasteiger partial charge in [-0.2, -0.15) is 4.39 Å². The van der Waals surface area contributed by atoms with Crippen LogP contribution >= 0.6 is 0 Å². The third-order valence-corrected chi connectivity index (χ3v) is 6.25. The molecule has 2 unspecified atom stereocenters. The van der Waals surface area contributed by atoms with Gasteiger partial charge in [0.2, 0.25) is 5.82 Å². The fraction of sp³-hybridized carbons (Fsp3) is 0.310. The molecule has 184 valence electrons. The Hall–Kier alpha value is -3.12. The standard InChI is InChI=1S/C29H28F4O2/c1-3-5-18-6-14-24(35-17-18)23-12-11-21(26(30)28(23)32)19-7-9-20(10-8-19)22-13-15-25(34-16-4-2)29(33)27(22)31/h3,5,7-13,15,18,24H,4,6,14,16-17H2,1-2H3. The SMILES string of the molecule is CC=CC1CCC(c2ccc(-c3ccc(-c4ccc(OCCC)c(F)c4F)cc3)c(F)c2F)OC1. The van der Waals surface area contributed by atoms with Crippen LogP contribution in [0.3, 0.4) is 0 Å².